The Morgan fingerprint density at radius 2 is 1.84 bits per heavy atom. The van der Waals surface area contributed by atoms with Crippen LogP contribution in [0.1, 0.15) is 75.7 Å². The molecule has 0 radical (unpaired) electrons. The van der Waals surface area contributed by atoms with E-state index < -0.39 is 0 Å². The number of fused-ring (bicyclic) bond motifs is 2. The van der Waals surface area contributed by atoms with Crippen molar-refractivity contribution in [2.75, 3.05) is 19.6 Å². The summed E-state index contributed by atoms with van der Waals surface area (Å²) in [7, 11) is 0. The first kappa shape index (κ1) is 21.6. The summed E-state index contributed by atoms with van der Waals surface area (Å²) in [6.45, 7) is 8.44. The number of carbonyl (C=O) groups is 2. The van der Waals surface area contributed by atoms with Gasteiger partial charge in [-0.2, -0.15) is 0 Å². The summed E-state index contributed by atoms with van der Waals surface area (Å²) in [5, 5.41) is 3.27. The number of aromatic amines is 1. The van der Waals surface area contributed by atoms with E-state index in [-0.39, 0.29) is 29.2 Å². The van der Waals surface area contributed by atoms with Crippen molar-refractivity contribution in [3.05, 3.63) is 33.4 Å². The fourth-order valence-electron chi connectivity index (χ4n) is 4.95. The molecule has 168 valence electrons. The Labute approximate surface area is 182 Å². The molecule has 0 saturated carbocycles. The number of hydrogen-bond donors (Lipinski definition) is 1. The third-order valence-electron chi connectivity index (χ3n) is 7.02. The van der Waals surface area contributed by atoms with Crippen LogP contribution in [0.3, 0.4) is 0 Å². The molecule has 0 aliphatic carbocycles. The van der Waals surface area contributed by atoms with Gasteiger partial charge in [-0.15, -0.1) is 0 Å². The fourth-order valence-corrected chi connectivity index (χ4v) is 4.95. The number of carbonyl (C=O) groups excluding carboxylic acids is 2. The highest BCUT2D eigenvalue weighted by Gasteiger charge is 2.29. The zero-order chi connectivity index (χ0) is 22.1. The Balaban J connectivity index is 1.52. The van der Waals surface area contributed by atoms with Gasteiger partial charge in [-0.1, -0.05) is 20.8 Å². The molecule has 2 amide bonds. The van der Waals surface area contributed by atoms with Crippen molar-refractivity contribution in [3.8, 4) is 0 Å². The molecule has 8 heteroatoms. The first-order valence-corrected chi connectivity index (χ1v) is 11.7. The smallest absolute Gasteiger partial charge is 0.277 e. The molecule has 2 aromatic rings. The van der Waals surface area contributed by atoms with E-state index in [1.165, 1.54) is 4.52 Å². The average Bonchev–Trinajstić information content (AvgIpc) is 3.23. The molecule has 2 aliphatic heterocycles. The number of nitrogens with zero attached hydrogens (tertiary/aromatic N) is 4. The van der Waals surface area contributed by atoms with Gasteiger partial charge in [0.2, 0.25) is 11.8 Å². The molecule has 8 nitrogen and oxygen atoms in total. The molecule has 2 aromatic heterocycles. The molecule has 0 atom stereocenters. The Morgan fingerprint density at radius 3 is 2.48 bits per heavy atom. The Bertz CT molecular complexity index is 1030. The number of amides is 2. The zero-order valence-corrected chi connectivity index (χ0v) is 18.8. The minimum Gasteiger partial charge on any atom is -0.342 e. The van der Waals surface area contributed by atoms with E-state index in [1.807, 2.05) is 17.9 Å². The predicted molar refractivity (Wildman–Crippen MR) is 118 cm³/mol. The molecule has 4 rings (SSSR count). The summed E-state index contributed by atoms with van der Waals surface area (Å²) >= 11 is 0. The Hall–Kier alpha value is -2.64. The molecular weight excluding hydrogens is 394 g/mol. The Kier molecular flexibility index (Phi) is 6.16. The second-order valence-corrected chi connectivity index (χ2v) is 8.78. The van der Waals surface area contributed by atoms with Crippen LogP contribution in [-0.4, -0.2) is 55.8 Å². The number of piperidine rings is 1. The highest BCUT2D eigenvalue weighted by molar-refractivity contribution is 5.79. The Morgan fingerprint density at radius 1 is 1.13 bits per heavy atom. The topological polar surface area (TPSA) is 90.8 Å². The molecule has 0 bridgehead atoms. The maximum Gasteiger partial charge on any atom is 0.277 e. The first-order valence-electron chi connectivity index (χ1n) is 11.7. The van der Waals surface area contributed by atoms with E-state index in [4.69, 9.17) is 4.98 Å². The number of rotatable bonds is 5. The van der Waals surface area contributed by atoms with Crippen LogP contribution in [0.5, 0.6) is 0 Å². The minimum absolute atomic E-state index is 0.0667. The van der Waals surface area contributed by atoms with Crippen LogP contribution in [0.25, 0.3) is 5.65 Å². The summed E-state index contributed by atoms with van der Waals surface area (Å²) < 4.78 is 1.52. The summed E-state index contributed by atoms with van der Waals surface area (Å²) in [5.41, 5.74) is 2.96. The largest absolute Gasteiger partial charge is 0.342 e. The maximum absolute atomic E-state index is 13.1. The van der Waals surface area contributed by atoms with Crippen molar-refractivity contribution in [2.45, 2.75) is 71.8 Å². The van der Waals surface area contributed by atoms with Gasteiger partial charge < -0.3 is 9.80 Å². The van der Waals surface area contributed by atoms with Gasteiger partial charge >= 0.3 is 0 Å². The lowest BCUT2D eigenvalue weighted by Crippen LogP contribution is -2.41. The highest BCUT2D eigenvalue weighted by Crippen LogP contribution is 2.29. The van der Waals surface area contributed by atoms with Gasteiger partial charge in [0.05, 0.1) is 17.8 Å². The van der Waals surface area contributed by atoms with Crippen LogP contribution in [0.4, 0.5) is 0 Å². The van der Waals surface area contributed by atoms with Crippen molar-refractivity contribution < 1.29 is 9.59 Å². The third-order valence-corrected chi connectivity index (χ3v) is 7.02. The summed E-state index contributed by atoms with van der Waals surface area (Å²) in [6, 6.07) is 1.98. The molecule has 0 unspecified atom stereocenters. The van der Waals surface area contributed by atoms with Crippen molar-refractivity contribution in [2.24, 2.45) is 5.92 Å². The molecule has 1 N–H and O–H groups in total. The van der Waals surface area contributed by atoms with Crippen LogP contribution in [0.15, 0.2) is 10.9 Å². The number of nitrogens with one attached hydrogen (secondary N) is 1. The van der Waals surface area contributed by atoms with Crippen LogP contribution in [-0.2, 0) is 22.6 Å². The van der Waals surface area contributed by atoms with Gasteiger partial charge in [-0.25, -0.2) is 9.50 Å². The van der Waals surface area contributed by atoms with Crippen molar-refractivity contribution >= 4 is 17.5 Å². The van der Waals surface area contributed by atoms with Crippen molar-refractivity contribution in [3.63, 3.8) is 0 Å². The molecule has 0 aromatic carbocycles. The van der Waals surface area contributed by atoms with Crippen LogP contribution in [0, 0.1) is 5.92 Å². The first-order chi connectivity index (χ1) is 15.0. The van der Waals surface area contributed by atoms with E-state index in [0.29, 0.717) is 37.1 Å². The number of hydrogen-bond acceptors (Lipinski definition) is 4. The number of likely N-dealkylation sites (tertiary alicyclic amines) is 1. The van der Waals surface area contributed by atoms with E-state index in [2.05, 4.69) is 18.9 Å². The third kappa shape index (κ3) is 4.00. The van der Waals surface area contributed by atoms with Gasteiger partial charge in [0, 0.05) is 56.1 Å². The van der Waals surface area contributed by atoms with Crippen LogP contribution >= 0.6 is 0 Å². The predicted octanol–water partition coefficient (Wildman–Crippen LogP) is 2.46. The lowest BCUT2D eigenvalue weighted by molar-refractivity contribution is -0.137. The van der Waals surface area contributed by atoms with Gasteiger partial charge in [0.1, 0.15) is 0 Å². The van der Waals surface area contributed by atoms with E-state index >= 15 is 0 Å². The minimum atomic E-state index is -0.110. The molecule has 4 heterocycles. The summed E-state index contributed by atoms with van der Waals surface area (Å²) in [4.78, 5) is 46.3. The lowest BCUT2D eigenvalue weighted by atomic mass is 9.92. The monoisotopic (exact) mass is 427 g/mol. The fraction of sp³-hybridized carbons (Fsp3) is 0.652. The molecular formula is C23H33N5O3. The van der Waals surface area contributed by atoms with E-state index in [0.717, 1.165) is 50.2 Å². The van der Waals surface area contributed by atoms with Crippen molar-refractivity contribution in [1.82, 2.24) is 24.4 Å². The van der Waals surface area contributed by atoms with Gasteiger partial charge in [-0.05, 0) is 25.7 Å². The van der Waals surface area contributed by atoms with E-state index in [1.54, 1.807) is 4.90 Å². The summed E-state index contributed by atoms with van der Waals surface area (Å²) in [6.07, 6.45) is 4.59. The van der Waals surface area contributed by atoms with Gasteiger partial charge in [0.15, 0.2) is 5.65 Å². The second-order valence-electron chi connectivity index (χ2n) is 8.78. The number of H-pyrrole nitrogens is 1. The SMILES string of the molecule is CCC(=O)N1CCc2nc3cc(C4CCN(C(=O)C(CC)CC)CC4)[nH]n3c(=O)c2C1. The maximum atomic E-state index is 13.1. The van der Waals surface area contributed by atoms with E-state index in [9.17, 15) is 14.4 Å². The molecule has 31 heavy (non-hydrogen) atoms. The molecule has 2 aliphatic rings. The average molecular weight is 428 g/mol. The van der Waals surface area contributed by atoms with Gasteiger partial charge in [-0.3, -0.25) is 19.5 Å². The number of aromatic nitrogens is 3. The molecule has 0 spiro atoms. The normalized spacial score (nSPS) is 17.4. The lowest BCUT2D eigenvalue weighted by Gasteiger charge is -2.33. The standard InChI is InChI=1S/C23H33N5O3/c1-4-15(5-2)22(30)26-10-7-16(8-11-26)19-13-20-24-18-9-12-27(21(29)6-3)14-17(18)23(31)28(20)25-19/h13,15-16,25H,4-12,14H2,1-3H3. The highest BCUT2D eigenvalue weighted by atomic mass is 16.2. The van der Waals surface area contributed by atoms with Crippen LogP contribution in [0.2, 0.25) is 0 Å². The summed E-state index contributed by atoms with van der Waals surface area (Å²) in [5.74, 6) is 0.744. The van der Waals surface area contributed by atoms with Crippen molar-refractivity contribution in [1.29, 1.82) is 0 Å². The van der Waals surface area contributed by atoms with Gasteiger partial charge in [0.25, 0.3) is 5.56 Å². The molecule has 1 fully saturated rings. The second kappa shape index (κ2) is 8.85. The van der Waals surface area contributed by atoms with Crippen LogP contribution < -0.4 is 5.56 Å². The zero-order valence-electron chi connectivity index (χ0n) is 18.8. The quantitative estimate of drug-likeness (QED) is 0.794. The molecule has 1 saturated heterocycles.